The van der Waals surface area contributed by atoms with Crippen LogP contribution in [0.4, 0.5) is 0 Å². The summed E-state index contributed by atoms with van der Waals surface area (Å²) in [6, 6.07) is 10.4. The molecule has 1 N–H and O–H groups in total. The number of carboxylic acids is 1. The topological polar surface area (TPSA) is 103 Å². The maximum Gasteiger partial charge on any atom is 0.341 e. The minimum Gasteiger partial charge on any atom is -0.493 e. The highest BCUT2D eigenvalue weighted by Crippen LogP contribution is 2.30. The van der Waals surface area contributed by atoms with Crippen molar-refractivity contribution in [2.24, 2.45) is 5.10 Å². The van der Waals surface area contributed by atoms with Crippen molar-refractivity contribution >= 4 is 39.0 Å². The average molecular weight is 474 g/mol. The van der Waals surface area contributed by atoms with E-state index in [1.54, 1.807) is 30.3 Å². The molecule has 0 aliphatic carbocycles. The van der Waals surface area contributed by atoms with Crippen molar-refractivity contribution in [1.82, 2.24) is 9.66 Å². The molecule has 0 saturated heterocycles. The van der Waals surface area contributed by atoms with E-state index >= 15 is 0 Å². The first-order chi connectivity index (χ1) is 14.3. The first kappa shape index (κ1) is 21.5. The molecule has 0 aliphatic heterocycles. The van der Waals surface area contributed by atoms with Crippen LogP contribution in [0.1, 0.15) is 31.2 Å². The molecule has 0 radical (unpaired) electrons. The highest BCUT2D eigenvalue weighted by atomic mass is 79.9. The number of fused-ring (bicyclic) bond motifs is 1. The third-order valence-corrected chi connectivity index (χ3v) is 4.72. The van der Waals surface area contributed by atoms with Gasteiger partial charge in [-0.3, -0.25) is 4.79 Å². The Balaban J connectivity index is 2.14. The first-order valence-electron chi connectivity index (χ1n) is 9.10. The molecular weight excluding hydrogens is 454 g/mol. The standard InChI is InChI=1S/C21H20BrN3O5/c1-12(2)20-24-16-8-7-14(22)9-15(16)21(28)25(20)23-10-13-5-4-6-17(29-3)19(13)30-11-18(26)27/h4-10,12H,11H2,1-3H3,(H,26,27). The third-order valence-electron chi connectivity index (χ3n) is 4.23. The van der Waals surface area contributed by atoms with Gasteiger partial charge in [-0.05, 0) is 30.3 Å². The Morgan fingerprint density at radius 2 is 2.10 bits per heavy atom. The van der Waals surface area contributed by atoms with Gasteiger partial charge in [0.2, 0.25) is 0 Å². The molecule has 2 aromatic carbocycles. The lowest BCUT2D eigenvalue weighted by Crippen LogP contribution is -2.23. The van der Waals surface area contributed by atoms with E-state index in [-0.39, 0.29) is 17.2 Å². The minimum atomic E-state index is -1.12. The molecule has 3 rings (SSSR count). The lowest BCUT2D eigenvalue weighted by atomic mass is 10.2. The van der Waals surface area contributed by atoms with Crippen LogP contribution in [0.2, 0.25) is 0 Å². The van der Waals surface area contributed by atoms with Crippen molar-refractivity contribution in [1.29, 1.82) is 0 Å². The number of ether oxygens (including phenoxy) is 2. The SMILES string of the molecule is COc1cccc(C=Nn2c(C(C)C)nc3ccc(Br)cc3c2=O)c1OCC(=O)O. The Kier molecular flexibility index (Phi) is 6.51. The molecule has 0 fully saturated rings. The Hall–Kier alpha value is -3.20. The number of methoxy groups -OCH3 is 1. The molecule has 1 heterocycles. The highest BCUT2D eigenvalue weighted by Gasteiger charge is 2.15. The van der Waals surface area contributed by atoms with Crippen molar-refractivity contribution in [3.05, 3.63) is 62.6 Å². The van der Waals surface area contributed by atoms with Gasteiger partial charge in [-0.1, -0.05) is 35.8 Å². The average Bonchev–Trinajstić information content (AvgIpc) is 2.71. The van der Waals surface area contributed by atoms with Crippen LogP contribution in [-0.4, -0.2) is 40.7 Å². The maximum atomic E-state index is 13.1. The number of aliphatic carboxylic acids is 1. The molecule has 0 saturated carbocycles. The normalized spacial score (nSPS) is 11.4. The first-order valence-corrected chi connectivity index (χ1v) is 9.89. The number of carboxylic acid groups (broad SMARTS) is 1. The summed E-state index contributed by atoms with van der Waals surface area (Å²) in [4.78, 5) is 28.6. The van der Waals surface area contributed by atoms with Gasteiger partial charge in [-0.2, -0.15) is 9.78 Å². The van der Waals surface area contributed by atoms with Crippen molar-refractivity contribution in [2.45, 2.75) is 19.8 Å². The smallest absolute Gasteiger partial charge is 0.341 e. The Morgan fingerprint density at radius 3 is 2.77 bits per heavy atom. The predicted octanol–water partition coefficient (Wildman–Crippen LogP) is 3.64. The summed E-state index contributed by atoms with van der Waals surface area (Å²) in [7, 11) is 1.45. The van der Waals surface area contributed by atoms with Crippen LogP contribution >= 0.6 is 15.9 Å². The second-order valence-electron chi connectivity index (χ2n) is 6.71. The fraction of sp³-hybridized carbons (Fsp3) is 0.238. The summed E-state index contributed by atoms with van der Waals surface area (Å²) in [6.45, 7) is 3.31. The van der Waals surface area contributed by atoms with Crippen LogP contribution in [0, 0.1) is 0 Å². The van der Waals surface area contributed by atoms with Crippen LogP contribution in [0.15, 0.2) is 50.8 Å². The lowest BCUT2D eigenvalue weighted by Gasteiger charge is -2.13. The molecule has 0 amide bonds. The predicted molar refractivity (Wildman–Crippen MR) is 117 cm³/mol. The second-order valence-corrected chi connectivity index (χ2v) is 7.62. The number of aromatic nitrogens is 2. The van der Waals surface area contributed by atoms with Crippen LogP contribution in [-0.2, 0) is 4.79 Å². The summed E-state index contributed by atoms with van der Waals surface area (Å²) in [5.41, 5.74) is 0.744. The molecule has 156 valence electrons. The molecule has 8 nitrogen and oxygen atoms in total. The summed E-state index contributed by atoms with van der Waals surface area (Å²) in [5.74, 6) is -0.0942. The minimum absolute atomic E-state index is 0.0593. The van der Waals surface area contributed by atoms with Gasteiger partial charge in [0.05, 0.1) is 24.2 Å². The molecule has 3 aromatic rings. The van der Waals surface area contributed by atoms with E-state index in [1.165, 1.54) is 18.0 Å². The summed E-state index contributed by atoms with van der Waals surface area (Å²) in [5, 5.41) is 13.7. The summed E-state index contributed by atoms with van der Waals surface area (Å²) in [6.07, 6.45) is 1.43. The van der Waals surface area contributed by atoms with Gasteiger partial charge < -0.3 is 14.6 Å². The number of carbonyl (C=O) groups is 1. The number of benzene rings is 2. The van der Waals surface area contributed by atoms with E-state index in [0.29, 0.717) is 28.0 Å². The van der Waals surface area contributed by atoms with E-state index in [2.05, 4.69) is 26.0 Å². The maximum absolute atomic E-state index is 13.1. The quantitative estimate of drug-likeness (QED) is 0.525. The number of hydrogen-bond acceptors (Lipinski definition) is 6. The van der Waals surface area contributed by atoms with Crippen molar-refractivity contribution in [3.63, 3.8) is 0 Å². The lowest BCUT2D eigenvalue weighted by molar-refractivity contribution is -0.139. The number of para-hydroxylation sites is 1. The van der Waals surface area contributed by atoms with Crippen molar-refractivity contribution < 1.29 is 19.4 Å². The van der Waals surface area contributed by atoms with Crippen LogP contribution in [0.5, 0.6) is 11.5 Å². The van der Waals surface area contributed by atoms with Gasteiger partial charge in [0.25, 0.3) is 5.56 Å². The van der Waals surface area contributed by atoms with Crippen LogP contribution < -0.4 is 15.0 Å². The van der Waals surface area contributed by atoms with E-state index in [0.717, 1.165) is 4.47 Å². The fourth-order valence-corrected chi connectivity index (χ4v) is 3.22. The van der Waals surface area contributed by atoms with Gasteiger partial charge >= 0.3 is 5.97 Å². The second kappa shape index (κ2) is 9.08. The largest absolute Gasteiger partial charge is 0.493 e. The molecule has 9 heteroatoms. The van der Waals surface area contributed by atoms with E-state index in [1.807, 2.05) is 19.9 Å². The Morgan fingerprint density at radius 1 is 1.33 bits per heavy atom. The van der Waals surface area contributed by atoms with Crippen molar-refractivity contribution in [2.75, 3.05) is 13.7 Å². The molecule has 0 atom stereocenters. The van der Waals surface area contributed by atoms with Crippen LogP contribution in [0.25, 0.3) is 10.9 Å². The molecule has 0 spiro atoms. The van der Waals surface area contributed by atoms with Gasteiger partial charge in [0, 0.05) is 16.0 Å². The molecule has 30 heavy (non-hydrogen) atoms. The van der Waals surface area contributed by atoms with Gasteiger partial charge in [-0.25, -0.2) is 9.78 Å². The molecule has 1 aromatic heterocycles. The Labute approximate surface area is 180 Å². The van der Waals surface area contributed by atoms with E-state index < -0.39 is 12.6 Å². The summed E-state index contributed by atoms with van der Waals surface area (Å²) < 4.78 is 12.7. The number of nitrogens with zero attached hydrogens (tertiary/aromatic N) is 3. The number of rotatable bonds is 7. The number of hydrogen-bond donors (Lipinski definition) is 1. The van der Waals surface area contributed by atoms with Gasteiger partial charge in [0.1, 0.15) is 5.82 Å². The third kappa shape index (κ3) is 4.51. The monoisotopic (exact) mass is 473 g/mol. The zero-order chi connectivity index (χ0) is 21.8. The van der Waals surface area contributed by atoms with E-state index in [4.69, 9.17) is 14.6 Å². The zero-order valence-corrected chi connectivity index (χ0v) is 18.2. The van der Waals surface area contributed by atoms with Gasteiger partial charge in [-0.15, -0.1) is 0 Å². The fourth-order valence-electron chi connectivity index (χ4n) is 2.85. The van der Waals surface area contributed by atoms with Gasteiger partial charge in [0.15, 0.2) is 18.1 Å². The molecule has 0 unspecified atom stereocenters. The molecule has 0 bridgehead atoms. The zero-order valence-electron chi connectivity index (χ0n) is 16.6. The number of halogens is 1. The molecular formula is C21H20BrN3O5. The van der Waals surface area contributed by atoms with Crippen molar-refractivity contribution in [3.8, 4) is 11.5 Å². The van der Waals surface area contributed by atoms with E-state index in [9.17, 15) is 9.59 Å². The van der Waals surface area contributed by atoms with Crippen LogP contribution in [0.3, 0.4) is 0 Å². The highest BCUT2D eigenvalue weighted by molar-refractivity contribution is 9.10. The Bertz CT molecular complexity index is 1190. The molecule has 0 aliphatic rings. The summed E-state index contributed by atoms with van der Waals surface area (Å²) >= 11 is 3.38.